The van der Waals surface area contributed by atoms with Gasteiger partial charge in [-0.05, 0) is 24.7 Å². The van der Waals surface area contributed by atoms with Gasteiger partial charge in [0.25, 0.3) is 0 Å². The van der Waals surface area contributed by atoms with Crippen molar-refractivity contribution < 1.29 is 8.91 Å². The van der Waals surface area contributed by atoms with Crippen LogP contribution in [-0.2, 0) is 13.0 Å². The molecule has 84 valence electrons. The molecule has 0 fully saturated rings. The van der Waals surface area contributed by atoms with Gasteiger partial charge < -0.3 is 9.84 Å². The molecule has 2 rings (SSSR count). The summed E-state index contributed by atoms with van der Waals surface area (Å²) in [5.74, 6) is 0.845. The van der Waals surface area contributed by atoms with E-state index in [0.29, 0.717) is 24.7 Å². The standard InChI is InChI=1S/C11H12FN3O/c1-13-7-10-14-11(16-15-10)6-8-3-2-4-9(12)5-8/h2-5,13H,6-7H2,1H3. The van der Waals surface area contributed by atoms with E-state index in [0.717, 1.165) is 5.56 Å². The minimum Gasteiger partial charge on any atom is -0.339 e. The molecule has 0 unspecified atom stereocenters. The topological polar surface area (TPSA) is 51.0 Å². The molecule has 1 N–H and O–H groups in total. The molecule has 0 aliphatic carbocycles. The molecule has 0 radical (unpaired) electrons. The molecule has 4 nitrogen and oxygen atoms in total. The molecule has 0 aliphatic heterocycles. The fraction of sp³-hybridized carbons (Fsp3) is 0.273. The Kier molecular flexibility index (Phi) is 3.26. The Morgan fingerprint density at radius 1 is 1.44 bits per heavy atom. The lowest BCUT2D eigenvalue weighted by Crippen LogP contribution is -2.06. The van der Waals surface area contributed by atoms with E-state index in [9.17, 15) is 4.39 Å². The lowest BCUT2D eigenvalue weighted by Gasteiger charge is -1.95. The molecule has 0 bridgehead atoms. The van der Waals surface area contributed by atoms with Crippen LogP contribution in [0.15, 0.2) is 28.8 Å². The van der Waals surface area contributed by atoms with Gasteiger partial charge in [-0.3, -0.25) is 0 Å². The molecule has 0 spiro atoms. The van der Waals surface area contributed by atoms with Crippen LogP contribution in [0, 0.1) is 5.82 Å². The molecule has 2 aromatic rings. The zero-order chi connectivity index (χ0) is 11.4. The quantitative estimate of drug-likeness (QED) is 0.850. The van der Waals surface area contributed by atoms with Crippen molar-refractivity contribution in [2.75, 3.05) is 7.05 Å². The Bertz CT molecular complexity index is 470. The summed E-state index contributed by atoms with van der Waals surface area (Å²) in [6, 6.07) is 6.35. The van der Waals surface area contributed by atoms with Crippen molar-refractivity contribution in [3.05, 3.63) is 47.4 Å². The van der Waals surface area contributed by atoms with Crippen molar-refractivity contribution in [3.8, 4) is 0 Å². The largest absolute Gasteiger partial charge is 0.339 e. The van der Waals surface area contributed by atoms with E-state index >= 15 is 0 Å². The monoisotopic (exact) mass is 221 g/mol. The van der Waals surface area contributed by atoms with Gasteiger partial charge in [-0.2, -0.15) is 4.98 Å². The molecule has 0 amide bonds. The first-order valence-corrected chi connectivity index (χ1v) is 4.98. The van der Waals surface area contributed by atoms with Crippen LogP contribution in [0.4, 0.5) is 4.39 Å². The van der Waals surface area contributed by atoms with Gasteiger partial charge in [-0.25, -0.2) is 4.39 Å². The van der Waals surface area contributed by atoms with Crippen molar-refractivity contribution in [2.45, 2.75) is 13.0 Å². The first-order chi connectivity index (χ1) is 7.78. The fourth-order valence-corrected chi connectivity index (χ4v) is 1.41. The average molecular weight is 221 g/mol. The lowest BCUT2D eigenvalue weighted by atomic mass is 10.1. The highest BCUT2D eigenvalue weighted by molar-refractivity contribution is 5.19. The third-order valence-electron chi connectivity index (χ3n) is 2.09. The van der Waals surface area contributed by atoms with Crippen molar-refractivity contribution in [1.29, 1.82) is 0 Å². The van der Waals surface area contributed by atoms with E-state index in [4.69, 9.17) is 4.52 Å². The van der Waals surface area contributed by atoms with Crippen LogP contribution in [0.5, 0.6) is 0 Å². The number of nitrogens with zero attached hydrogens (tertiary/aromatic N) is 2. The summed E-state index contributed by atoms with van der Waals surface area (Å²) >= 11 is 0. The van der Waals surface area contributed by atoms with Gasteiger partial charge in [-0.1, -0.05) is 17.3 Å². The first-order valence-electron chi connectivity index (χ1n) is 4.98. The second-order valence-corrected chi connectivity index (χ2v) is 3.44. The van der Waals surface area contributed by atoms with Gasteiger partial charge in [0.05, 0.1) is 13.0 Å². The highest BCUT2D eigenvalue weighted by Gasteiger charge is 2.06. The van der Waals surface area contributed by atoms with Crippen LogP contribution in [0.2, 0.25) is 0 Å². The molecular weight excluding hydrogens is 209 g/mol. The minimum atomic E-state index is -0.257. The van der Waals surface area contributed by atoms with Gasteiger partial charge in [0, 0.05) is 0 Å². The molecule has 16 heavy (non-hydrogen) atoms. The Balaban J connectivity index is 2.08. The van der Waals surface area contributed by atoms with E-state index in [2.05, 4.69) is 15.5 Å². The number of hydrogen-bond donors (Lipinski definition) is 1. The summed E-state index contributed by atoms with van der Waals surface area (Å²) < 4.78 is 18.0. The van der Waals surface area contributed by atoms with Gasteiger partial charge in [0.1, 0.15) is 5.82 Å². The zero-order valence-corrected chi connectivity index (χ0v) is 8.90. The smallest absolute Gasteiger partial charge is 0.231 e. The van der Waals surface area contributed by atoms with Crippen molar-refractivity contribution in [1.82, 2.24) is 15.5 Å². The van der Waals surface area contributed by atoms with Crippen molar-refractivity contribution in [2.24, 2.45) is 0 Å². The van der Waals surface area contributed by atoms with Gasteiger partial charge in [0.2, 0.25) is 5.89 Å². The number of nitrogens with one attached hydrogen (secondary N) is 1. The Morgan fingerprint density at radius 2 is 2.31 bits per heavy atom. The van der Waals surface area contributed by atoms with E-state index in [1.54, 1.807) is 6.07 Å². The number of hydrogen-bond acceptors (Lipinski definition) is 4. The maximum absolute atomic E-state index is 12.9. The summed E-state index contributed by atoms with van der Waals surface area (Å²) in [4.78, 5) is 4.16. The molecule has 5 heteroatoms. The van der Waals surface area contributed by atoms with Gasteiger partial charge in [0.15, 0.2) is 5.82 Å². The molecular formula is C11H12FN3O. The van der Waals surface area contributed by atoms with E-state index in [1.165, 1.54) is 12.1 Å². The minimum absolute atomic E-state index is 0.257. The van der Waals surface area contributed by atoms with E-state index in [-0.39, 0.29) is 5.82 Å². The third-order valence-corrected chi connectivity index (χ3v) is 2.09. The highest BCUT2D eigenvalue weighted by Crippen LogP contribution is 2.09. The molecule has 1 aromatic heterocycles. The summed E-state index contributed by atoms with van der Waals surface area (Å²) in [6.45, 7) is 0.562. The zero-order valence-electron chi connectivity index (χ0n) is 8.90. The Hall–Kier alpha value is -1.75. The highest BCUT2D eigenvalue weighted by atomic mass is 19.1. The summed E-state index contributed by atoms with van der Waals surface area (Å²) in [6.07, 6.45) is 0.453. The number of aromatic nitrogens is 2. The predicted octanol–water partition coefficient (Wildman–Crippen LogP) is 1.52. The molecule has 0 aliphatic rings. The summed E-state index contributed by atoms with van der Waals surface area (Å²) in [5.41, 5.74) is 0.819. The molecule has 0 saturated heterocycles. The van der Waals surface area contributed by atoms with Gasteiger partial charge in [-0.15, -0.1) is 0 Å². The predicted molar refractivity (Wildman–Crippen MR) is 56.3 cm³/mol. The number of halogens is 1. The van der Waals surface area contributed by atoms with Crippen LogP contribution in [0.1, 0.15) is 17.3 Å². The SMILES string of the molecule is CNCc1noc(Cc2cccc(F)c2)n1. The Morgan fingerprint density at radius 3 is 3.06 bits per heavy atom. The second-order valence-electron chi connectivity index (χ2n) is 3.44. The van der Waals surface area contributed by atoms with Gasteiger partial charge >= 0.3 is 0 Å². The lowest BCUT2D eigenvalue weighted by molar-refractivity contribution is 0.378. The maximum atomic E-state index is 12.9. The first kappa shape index (κ1) is 10.8. The van der Waals surface area contributed by atoms with Crippen LogP contribution in [0.25, 0.3) is 0 Å². The average Bonchev–Trinajstić information content (AvgIpc) is 2.66. The molecule has 1 aromatic carbocycles. The van der Waals surface area contributed by atoms with Crippen molar-refractivity contribution in [3.63, 3.8) is 0 Å². The Labute approximate surface area is 92.5 Å². The second kappa shape index (κ2) is 4.85. The molecule has 0 saturated carbocycles. The van der Waals surface area contributed by atoms with E-state index < -0.39 is 0 Å². The fourth-order valence-electron chi connectivity index (χ4n) is 1.41. The third kappa shape index (κ3) is 2.64. The van der Waals surface area contributed by atoms with Crippen molar-refractivity contribution >= 4 is 0 Å². The van der Waals surface area contributed by atoms with Crippen LogP contribution in [-0.4, -0.2) is 17.2 Å². The van der Waals surface area contributed by atoms with E-state index in [1.807, 2.05) is 13.1 Å². The van der Waals surface area contributed by atoms with Crippen LogP contribution < -0.4 is 5.32 Å². The van der Waals surface area contributed by atoms with Crippen LogP contribution in [0.3, 0.4) is 0 Å². The van der Waals surface area contributed by atoms with Crippen LogP contribution >= 0.6 is 0 Å². The molecule has 0 atom stereocenters. The number of rotatable bonds is 4. The maximum Gasteiger partial charge on any atom is 0.231 e. The summed E-state index contributed by atoms with van der Waals surface area (Å²) in [7, 11) is 1.81. The normalized spacial score (nSPS) is 10.6. The molecule has 1 heterocycles. The number of benzene rings is 1. The summed E-state index contributed by atoms with van der Waals surface area (Å²) in [5, 5.41) is 6.71.